The maximum Gasteiger partial charge on any atom is 0.228 e. The van der Waals surface area contributed by atoms with E-state index in [0.717, 1.165) is 37.9 Å². The molecule has 1 saturated heterocycles. The van der Waals surface area contributed by atoms with Crippen molar-refractivity contribution in [2.75, 3.05) is 13.1 Å². The normalized spacial score (nSPS) is 15.3. The molecule has 1 heterocycles. The van der Waals surface area contributed by atoms with Gasteiger partial charge in [-0.2, -0.15) is 5.26 Å². The van der Waals surface area contributed by atoms with Crippen molar-refractivity contribution in [3.05, 3.63) is 70.8 Å². The van der Waals surface area contributed by atoms with Crippen LogP contribution in [0.3, 0.4) is 0 Å². The van der Waals surface area contributed by atoms with Gasteiger partial charge in [-0.1, -0.05) is 50.2 Å². The van der Waals surface area contributed by atoms with Crippen LogP contribution in [0.2, 0.25) is 0 Å². The smallest absolute Gasteiger partial charge is 0.228 e. The number of nitrogens with zero attached hydrogens (tertiary/aromatic N) is 2. The first-order valence-electron chi connectivity index (χ1n) is 10.0. The quantitative estimate of drug-likeness (QED) is 0.859. The Morgan fingerprint density at radius 3 is 2.18 bits per heavy atom. The van der Waals surface area contributed by atoms with Crippen molar-refractivity contribution in [2.24, 2.45) is 11.1 Å². The van der Waals surface area contributed by atoms with E-state index >= 15 is 0 Å². The standard InChI is InChI=1S/C24H29N3O/c1-24(2,15-18-3-5-19(16-25)6-4-18)23(28)27-13-11-22(12-14-27)21-9-7-20(17-26)8-10-21/h3-10,22H,11-16,25H2,1-2H3. The summed E-state index contributed by atoms with van der Waals surface area (Å²) in [4.78, 5) is 15.2. The molecule has 0 atom stereocenters. The molecule has 0 aliphatic carbocycles. The van der Waals surface area contributed by atoms with Gasteiger partial charge in [0, 0.05) is 25.0 Å². The molecule has 1 aliphatic heterocycles. The minimum absolute atomic E-state index is 0.230. The molecule has 0 unspecified atom stereocenters. The fraction of sp³-hybridized carbons (Fsp3) is 0.417. The molecule has 0 aromatic heterocycles. The fourth-order valence-electron chi connectivity index (χ4n) is 4.05. The molecule has 0 spiro atoms. The number of nitriles is 1. The highest BCUT2D eigenvalue weighted by atomic mass is 16.2. The van der Waals surface area contributed by atoms with E-state index in [1.165, 1.54) is 11.1 Å². The van der Waals surface area contributed by atoms with Crippen molar-refractivity contribution >= 4 is 5.91 Å². The van der Waals surface area contributed by atoms with E-state index in [4.69, 9.17) is 11.0 Å². The highest BCUT2D eigenvalue weighted by Gasteiger charge is 2.34. The van der Waals surface area contributed by atoms with Crippen LogP contribution in [0.1, 0.15) is 54.9 Å². The minimum Gasteiger partial charge on any atom is -0.342 e. The Kier molecular flexibility index (Phi) is 6.16. The maximum absolute atomic E-state index is 13.1. The van der Waals surface area contributed by atoms with Crippen LogP contribution in [0.25, 0.3) is 0 Å². The molecule has 1 amide bonds. The SMILES string of the molecule is CC(C)(Cc1ccc(CN)cc1)C(=O)N1CCC(c2ccc(C#N)cc2)CC1. The lowest BCUT2D eigenvalue weighted by molar-refractivity contribution is -0.141. The molecule has 0 bridgehead atoms. The monoisotopic (exact) mass is 375 g/mol. The molecular weight excluding hydrogens is 346 g/mol. The van der Waals surface area contributed by atoms with Crippen molar-refractivity contribution in [3.63, 3.8) is 0 Å². The third-order valence-corrected chi connectivity index (χ3v) is 5.78. The van der Waals surface area contributed by atoms with Crippen molar-refractivity contribution in [3.8, 4) is 6.07 Å². The highest BCUT2D eigenvalue weighted by Crippen LogP contribution is 2.32. The maximum atomic E-state index is 13.1. The van der Waals surface area contributed by atoms with Crippen molar-refractivity contribution in [2.45, 2.75) is 45.6 Å². The summed E-state index contributed by atoms with van der Waals surface area (Å²) < 4.78 is 0. The van der Waals surface area contributed by atoms with Gasteiger partial charge in [0.25, 0.3) is 0 Å². The second-order valence-corrected chi connectivity index (χ2v) is 8.38. The summed E-state index contributed by atoms with van der Waals surface area (Å²) in [5.41, 5.74) is 9.48. The number of carbonyl (C=O) groups is 1. The van der Waals surface area contributed by atoms with E-state index in [0.29, 0.717) is 18.0 Å². The van der Waals surface area contributed by atoms with Crippen LogP contribution in [0, 0.1) is 16.7 Å². The van der Waals surface area contributed by atoms with Gasteiger partial charge in [-0.25, -0.2) is 0 Å². The number of piperidine rings is 1. The average molecular weight is 376 g/mol. The summed E-state index contributed by atoms with van der Waals surface area (Å²) in [5.74, 6) is 0.692. The minimum atomic E-state index is -0.425. The second kappa shape index (κ2) is 8.58. The summed E-state index contributed by atoms with van der Waals surface area (Å²) >= 11 is 0. The zero-order chi connectivity index (χ0) is 20.1. The van der Waals surface area contributed by atoms with Crippen LogP contribution >= 0.6 is 0 Å². The molecule has 1 fully saturated rings. The van der Waals surface area contributed by atoms with E-state index in [1.807, 2.05) is 43.0 Å². The molecule has 0 saturated carbocycles. The van der Waals surface area contributed by atoms with E-state index in [9.17, 15) is 4.79 Å². The van der Waals surface area contributed by atoms with Crippen LogP contribution < -0.4 is 5.73 Å². The Labute approximate surface area is 168 Å². The van der Waals surface area contributed by atoms with Gasteiger partial charge < -0.3 is 10.6 Å². The van der Waals surface area contributed by atoms with Gasteiger partial charge in [-0.05, 0) is 54.0 Å². The molecule has 4 heteroatoms. The number of carbonyl (C=O) groups excluding carboxylic acids is 1. The molecular formula is C24H29N3O. The van der Waals surface area contributed by atoms with Gasteiger partial charge in [0.15, 0.2) is 0 Å². The molecule has 2 aromatic rings. The Morgan fingerprint density at radius 2 is 1.64 bits per heavy atom. The van der Waals surface area contributed by atoms with Crippen LogP contribution in [0.4, 0.5) is 0 Å². The van der Waals surface area contributed by atoms with E-state index in [-0.39, 0.29) is 5.91 Å². The molecule has 28 heavy (non-hydrogen) atoms. The van der Waals surface area contributed by atoms with E-state index < -0.39 is 5.41 Å². The average Bonchev–Trinajstić information content (AvgIpc) is 2.73. The Balaban J connectivity index is 1.59. The van der Waals surface area contributed by atoms with Crippen LogP contribution in [0.15, 0.2) is 48.5 Å². The number of hydrogen-bond donors (Lipinski definition) is 1. The number of rotatable bonds is 5. The lowest BCUT2D eigenvalue weighted by Crippen LogP contribution is -2.45. The van der Waals surface area contributed by atoms with Crippen molar-refractivity contribution in [1.29, 1.82) is 5.26 Å². The molecule has 2 N–H and O–H groups in total. The van der Waals surface area contributed by atoms with Gasteiger partial charge in [0.2, 0.25) is 5.91 Å². The van der Waals surface area contributed by atoms with E-state index in [1.54, 1.807) is 0 Å². The summed E-state index contributed by atoms with van der Waals surface area (Å²) in [6.45, 7) is 6.20. The van der Waals surface area contributed by atoms with Gasteiger partial charge in [0.05, 0.1) is 11.6 Å². The topological polar surface area (TPSA) is 70.1 Å². The van der Waals surface area contributed by atoms with Crippen LogP contribution in [-0.4, -0.2) is 23.9 Å². The van der Waals surface area contributed by atoms with Crippen LogP contribution in [-0.2, 0) is 17.8 Å². The predicted molar refractivity (Wildman–Crippen MR) is 112 cm³/mol. The van der Waals surface area contributed by atoms with Crippen LogP contribution in [0.5, 0.6) is 0 Å². The van der Waals surface area contributed by atoms with Crippen molar-refractivity contribution in [1.82, 2.24) is 4.90 Å². The largest absolute Gasteiger partial charge is 0.342 e. The number of likely N-dealkylation sites (tertiary alicyclic amines) is 1. The first-order chi connectivity index (χ1) is 13.4. The van der Waals surface area contributed by atoms with E-state index in [2.05, 4.69) is 30.3 Å². The van der Waals surface area contributed by atoms with Crippen molar-refractivity contribution < 1.29 is 4.79 Å². The summed E-state index contributed by atoms with van der Waals surface area (Å²) in [5, 5.41) is 8.94. The Hall–Kier alpha value is -2.64. The zero-order valence-electron chi connectivity index (χ0n) is 16.8. The first-order valence-corrected chi connectivity index (χ1v) is 10.0. The fourth-order valence-corrected chi connectivity index (χ4v) is 4.05. The molecule has 3 rings (SSSR count). The van der Waals surface area contributed by atoms with Gasteiger partial charge in [-0.15, -0.1) is 0 Å². The number of nitrogens with two attached hydrogens (primary N) is 1. The van der Waals surface area contributed by atoms with Gasteiger partial charge in [0.1, 0.15) is 0 Å². The molecule has 4 nitrogen and oxygen atoms in total. The third kappa shape index (κ3) is 4.61. The second-order valence-electron chi connectivity index (χ2n) is 8.38. The highest BCUT2D eigenvalue weighted by molar-refractivity contribution is 5.82. The lowest BCUT2D eigenvalue weighted by atomic mass is 9.82. The predicted octanol–water partition coefficient (Wildman–Crippen LogP) is 3.99. The molecule has 2 aromatic carbocycles. The summed E-state index contributed by atoms with van der Waals surface area (Å²) in [6.07, 6.45) is 2.67. The molecule has 0 radical (unpaired) electrons. The van der Waals surface area contributed by atoms with Gasteiger partial charge >= 0.3 is 0 Å². The molecule has 146 valence electrons. The molecule has 1 aliphatic rings. The third-order valence-electron chi connectivity index (χ3n) is 5.78. The Bertz CT molecular complexity index is 839. The Morgan fingerprint density at radius 1 is 1.07 bits per heavy atom. The zero-order valence-corrected chi connectivity index (χ0v) is 16.8. The number of benzene rings is 2. The van der Waals surface area contributed by atoms with Gasteiger partial charge in [-0.3, -0.25) is 4.79 Å². The first kappa shape index (κ1) is 20.1. The number of amides is 1. The lowest BCUT2D eigenvalue weighted by Gasteiger charge is -2.37. The summed E-state index contributed by atoms with van der Waals surface area (Å²) in [7, 11) is 0. The number of hydrogen-bond acceptors (Lipinski definition) is 3. The summed E-state index contributed by atoms with van der Waals surface area (Å²) in [6, 6.07) is 18.3.